The third-order valence-corrected chi connectivity index (χ3v) is 4.88. The van der Waals surface area contributed by atoms with E-state index in [1.807, 2.05) is 29.6 Å². The van der Waals surface area contributed by atoms with Gasteiger partial charge in [0.15, 0.2) is 5.78 Å². The Balaban J connectivity index is 1.67. The third-order valence-electron chi connectivity index (χ3n) is 3.34. The number of carbonyl (C=O) groups is 1. The molecule has 0 radical (unpaired) electrons. The van der Waals surface area contributed by atoms with Crippen molar-refractivity contribution < 1.29 is 4.79 Å². The number of hydrogen-bond acceptors (Lipinski definition) is 2. The number of rotatable bonds is 5. The van der Waals surface area contributed by atoms with Gasteiger partial charge in [-0.1, -0.05) is 24.3 Å². The molecule has 2 heterocycles. The Hall–Kier alpha value is -1.39. The molecule has 0 aliphatic rings. The minimum atomic E-state index is 0.246. The molecule has 0 aliphatic heterocycles. The number of aryl methyl sites for hydroxylation is 1. The quantitative estimate of drug-likeness (QED) is 0.586. The average Bonchev–Trinajstić information content (AvgIpc) is 3.09. The molecule has 2 nitrogen and oxygen atoms in total. The summed E-state index contributed by atoms with van der Waals surface area (Å²) in [5.41, 5.74) is 1.21. The molecule has 3 rings (SSSR count). The van der Waals surface area contributed by atoms with Gasteiger partial charge in [-0.05, 0) is 39.9 Å². The number of fused-ring (bicyclic) bond motifs is 1. The standard InChI is InChI=1S/C16H14BrNOS/c17-13-11-18(14-6-2-1-5-12(13)14)9-3-7-15(19)16-8-4-10-20-16/h1-2,4-6,8,10-11H,3,7,9H2. The molecule has 0 saturated carbocycles. The Kier molecular flexibility index (Phi) is 4.03. The van der Waals surface area contributed by atoms with Crippen molar-refractivity contribution in [3.63, 3.8) is 0 Å². The lowest BCUT2D eigenvalue weighted by Gasteiger charge is -2.04. The molecule has 0 saturated heterocycles. The smallest absolute Gasteiger partial charge is 0.172 e. The summed E-state index contributed by atoms with van der Waals surface area (Å²) in [5.74, 6) is 0.246. The van der Waals surface area contributed by atoms with Crippen LogP contribution in [0.4, 0.5) is 0 Å². The van der Waals surface area contributed by atoms with Crippen LogP contribution in [0.5, 0.6) is 0 Å². The SMILES string of the molecule is O=C(CCCn1cc(Br)c2ccccc21)c1cccs1. The number of hydrogen-bond donors (Lipinski definition) is 0. The van der Waals surface area contributed by atoms with Gasteiger partial charge in [-0.2, -0.15) is 0 Å². The van der Waals surface area contributed by atoms with Gasteiger partial charge in [0, 0.05) is 34.5 Å². The second-order valence-corrected chi connectivity index (χ2v) is 6.49. The molecule has 0 aliphatic carbocycles. The number of thiophene rings is 1. The van der Waals surface area contributed by atoms with E-state index in [0.717, 1.165) is 22.3 Å². The van der Waals surface area contributed by atoms with Crippen molar-refractivity contribution in [2.45, 2.75) is 19.4 Å². The number of halogens is 1. The lowest BCUT2D eigenvalue weighted by molar-refractivity contribution is 0.0982. The maximum absolute atomic E-state index is 12.0. The van der Waals surface area contributed by atoms with Gasteiger partial charge < -0.3 is 4.57 Å². The zero-order chi connectivity index (χ0) is 13.9. The van der Waals surface area contributed by atoms with Gasteiger partial charge in [0.1, 0.15) is 0 Å². The van der Waals surface area contributed by atoms with E-state index in [4.69, 9.17) is 0 Å². The molecule has 0 unspecified atom stereocenters. The highest BCUT2D eigenvalue weighted by Gasteiger charge is 2.08. The van der Waals surface area contributed by atoms with Crippen LogP contribution in [0.2, 0.25) is 0 Å². The van der Waals surface area contributed by atoms with Crippen LogP contribution in [-0.4, -0.2) is 10.4 Å². The van der Waals surface area contributed by atoms with Crippen LogP contribution in [0.25, 0.3) is 10.9 Å². The molecule has 2 aromatic heterocycles. The first kappa shape index (κ1) is 13.6. The second kappa shape index (κ2) is 5.94. The van der Waals surface area contributed by atoms with Crippen molar-refractivity contribution in [2.24, 2.45) is 0 Å². The molecule has 20 heavy (non-hydrogen) atoms. The van der Waals surface area contributed by atoms with Gasteiger partial charge in [-0.15, -0.1) is 11.3 Å². The number of aromatic nitrogens is 1. The number of para-hydroxylation sites is 1. The van der Waals surface area contributed by atoms with E-state index >= 15 is 0 Å². The molecule has 0 amide bonds. The molecule has 0 fully saturated rings. The number of Topliss-reactive ketones (excluding diaryl/α,β-unsaturated/α-hetero) is 1. The highest BCUT2D eigenvalue weighted by atomic mass is 79.9. The molecule has 0 bridgehead atoms. The summed E-state index contributed by atoms with van der Waals surface area (Å²) >= 11 is 5.10. The molecule has 0 atom stereocenters. The van der Waals surface area contributed by atoms with Crippen molar-refractivity contribution in [1.82, 2.24) is 4.57 Å². The van der Waals surface area contributed by atoms with Crippen molar-refractivity contribution in [3.05, 3.63) is 57.3 Å². The van der Waals surface area contributed by atoms with Gasteiger partial charge in [-0.25, -0.2) is 0 Å². The number of carbonyl (C=O) groups excluding carboxylic acids is 1. The first-order chi connectivity index (χ1) is 9.75. The van der Waals surface area contributed by atoms with E-state index < -0.39 is 0 Å². The maximum Gasteiger partial charge on any atom is 0.172 e. The summed E-state index contributed by atoms with van der Waals surface area (Å²) in [6.07, 6.45) is 3.56. The fraction of sp³-hybridized carbons (Fsp3) is 0.188. The topological polar surface area (TPSA) is 22.0 Å². The minimum Gasteiger partial charge on any atom is -0.346 e. The third kappa shape index (κ3) is 2.72. The lowest BCUT2D eigenvalue weighted by Crippen LogP contribution is -2.01. The van der Waals surface area contributed by atoms with E-state index in [-0.39, 0.29) is 5.78 Å². The van der Waals surface area contributed by atoms with E-state index in [2.05, 4.69) is 38.8 Å². The molecular weight excluding hydrogens is 334 g/mol. The van der Waals surface area contributed by atoms with Crippen molar-refractivity contribution in [2.75, 3.05) is 0 Å². The van der Waals surface area contributed by atoms with Crippen LogP contribution in [0, 0.1) is 0 Å². The zero-order valence-corrected chi connectivity index (χ0v) is 13.3. The Labute approximate surface area is 130 Å². The van der Waals surface area contributed by atoms with Gasteiger partial charge >= 0.3 is 0 Å². The molecule has 102 valence electrons. The largest absolute Gasteiger partial charge is 0.346 e. The summed E-state index contributed by atoms with van der Waals surface area (Å²) in [6.45, 7) is 0.864. The van der Waals surface area contributed by atoms with Crippen LogP contribution in [-0.2, 0) is 6.54 Å². The zero-order valence-electron chi connectivity index (χ0n) is 10.9. The van der Waals surface area contributed by atoms with E-state index in [0.29, 0.717) is 6.42 Å². The van der Waals surface area contributed by atoms with Gasteiger partial charge in [-0.3, -0.25) is 4.79 Å². The van der Waals surface area contributed by atoms with Crippen LogP contribution < -0.4 is 0 Å². The molecule has 4 heteroatoms. The molecule has 0 spiro atoms. The summed E-state index contributed by atoms with van der Waals surface area (Å²) in [6, 6.07) is 12.1. The van der Waals surface area contributed by atoms with Gasteiger partial charge in [0.05, 0.1) is 4.88 Å². The Bertz CT molecular complexity index is 730. The molecule has 3 aromatic rings. The van der Waals surface area contributed by atoms with Crippen LogP contribution in [0.3, 0.4) is 0 Å². The number of nitrogens with zero attached hydrogens (tertiary/aromatic N) is 1. The number of ketones is 1. The molecule has 0 N–H and O–H groups in total. The number of benzene rings is 1. The van der Waals surface area contributed by atoms with Crippen molar-refractivity contribution in [1.29, 1.82) is 0 Å². The van der Waals surface area contributed by atoms with Crippen LogP contribution >= 0.6 is 27.3 Å². The summed E-state index contributed by atoms with van der Waals surface area (Å²) in [4.78, 5) is 12.8. The minimum absolute atomic E-state index is 0.246. The van der Waals surface area contributed by atoms with Crippen LogP contribution in [0.1, 0.15) is 22.5 Å². The van der Waals surface area contributed by atoms with Crippen LogP contribution in [0.15, 0.2) is 52.4 Å². The average molecular weight is 348 g/mol. The Morgan fingerprint density at radius 1 is 1.20 bits per heavy atom. The highest BCUT2D eigenvalue weighted by molar-refractivity contribution is 9.10. The predicted molar refractivity (Wildman–Crippen MR) is 87.5 cm³/mol. The van der Waals surface area contributed by atoms with E-state index in [9.17, 15) is 4.79 Å². The van der Waals surface area contributed by atoms with Crippen molar-refractivity contribution >= 4 is 44.0 Å². The first-order valence-electron chi connectivity index (χ1n) is 6.56. The first-order valence-corrected chi connectivity index (χ1v) is 8.23. The molecule has 1 aromatic carbocycles. The summed E-state index contributed by atoms with van der Waals surface area (Å²) in [7, 11) is 0. The normalized spacial score (nSPS) is 11.1. The Morgan fingerprint density at radius 3 is 2.85 bits per heavy atom. The molecular formula is C16H14BrNOS. The monoisotopic (exact) mass is 347 g/mol. The predicted octanol–water partition coefficient (Wildman–Crippen LogP) is 5.13. The summed E-state index contributed by atoms with van der Waals surface area (Å²) in [5, 5.41) is 3.17. The highest BCUT2D eigenvalue weighted by Crippen LogP contribution is 2.26. The summed E-state index contributed by atoms with van der Waals surface area (Å²) < 4.78 is 3.32. The van der Waals surface area contributed by atoms with E-state index in [1.54, 1.807) is 0 Å². The second-order valence-electron chi connectivity index (χ2n) is 4.69. The lowest BCUT2D eigenvalue weighted by atomic mass is 10.2. The Morgan fingerprint density at radius 2 is 2.05 bits per heavy atom. The van der Waals surface area contributed by atoms with Crippen molar-refractivity contribution in [3.8, 4) is 0 Å². The fourth-order valence-corrected chi connectivity index (χ4v) is 3.63. The van der Waals surface area contributed by atoms with E-state index in [1.165, 1.54) is 22.2 Å². The van der Waals surface area contributed by atoms with Gasteiger partial charge in [0.25, 0.3) is 0 Å². The maximum atomic E-state index is 12.0. The van der Waals surface area contributed by atoms with Gasteiger partial charge in [0.2, 0.25) is 0 Å². The fourth-order valence-electron chi connectivity index (χ4n) is 2.36.